The maximum Gasteiger partial charge on any atom is 0.234 e. The first-order valence-corrected chi connectivity index (χ1v) is 5.35. The number of rotatable bonds is 4. The van der Waals surface area contributed by atoms with Crippen molar-refractivity contribution in [1.82, 2.24) is 5.32 Å². The maximum atomic E-state index is 11.4. The zero-order valence-electron chi connectivity index (χ0n) is 8.23. The summed E-state index contributed by atoms with van der Waals surface area (Å²) >= 11 is 3.35. The molecule has 0 aromatic heterocycles. The molecule has 0 spiro atoms. The van der Waals surface area contributed by atoms with Crippen molar-refractivity contribution in [3.8, 4) is 0 Å². The monoisotopic (exact) mass is 235 g/mol. The van der Waals surface area contributed by atoms with Crippen LogP contribution in [0, 0.1) is 5.92 Å². The fourth-order valence-electron chi connectivity index (χ4n) is 0.727. The van der Waals surface area contributed by atoms with Crippen LogP contribution in [-0.2, 0) is 4.79 Å². The quantitative estimate of drug-likeness (QED) is 0.745. The Balaban J connectivity index is 3.87. The van der Waals surface area contributed by atoms with Gasteiger partial charge in [-0.15, -0.1) is 0 Å². The van der Waals surface area contributed by atoms with E-state index in [1.807, 2.05) is 20.8 Å². The third-order valence-electron chi connectivity index (χ3n) is 1.84. The van der Waals surface area contributed by atoms with E-state index in [0.29, 0.717) is 5.92 Å². The minimum atomic E-state index is -0.0634. The molecule has 0 saturated carbocycles. The predicted molar refractivity (Wildman–Crippen MR) is 55.4 cm³/mol. The predicted octanol–water partition coefficient (Wildman–Crippen LogP) is 2.32. The fraction of sp³-hybridized carbons (Fsp3) is 0.889. The van der Waals surface area contributed by atoms with Gasteiger partial charge >= 0.3 is 0 Å². The van der Waals surface area contributed by atoms with Crippen LogP contribution in [0.3, 0.4) is 0 Å². The van der Waals surface area contributed by atoms with Gasteiger partial charge < -0.3 is 5.32 Å². The van der Waals surface area contributed by atoms with Crippen LogP contribution in [0.25, 0.3) is 0 Å². The van der Waals surface area contributed by atoms with Gasteiger partial charge in [-0.3, -0.25) is 4.79 Å². The number of nitrogens with one attached hydrogen (secondary N) is 1. The highest BCUT2D eigenvalue weighted by Crippen LogP contribution is 2.11. The third-order valence-corrected chi connectivity index (χ3v) is 3.31. The number of amides is 1. The number of hydrogen-bond acceptors (Lipinski definition) is 1. The van der Waals surface area contributed by atoms with Crippen LogP contribution in [-0.4, -0.2) is 16.8 Å². The molecule has 3 heteroatoms. The number of halogens is 1. The Labute approximate surface area is 83.2 Å². The molecule has 0 bridgehead atoms. The lowest BCUT2D eigenvalue weighted by molar-refractivity contribution is -0.121. The molecule has 0 aliphatic heterocycles. The van der Waals surface area contributed by atoms with E-state index in [4.69, 9.17) is 0 Å². The fourth-order valence-corrected chi connectivity index (χ4v) is 0.859. The minimum absolute atomic E-state index is 0.0634. The molecule has 72 valence electrons. The second kappa shape index (κ2) is 5.57. The van der Waals surface area contributed by atoms with Crippen molar-refractivity contribution in [1.29, 1.82) is 0 Å². The van der Waals surface area contributed by atoms with Crippen LogP contribution in [0.5, 0.6) is 0 Å². The Bertz CT molecular complexity index is 147. The first-order chi connectivity index (χ1) is 5.49. The molecule has 2 nitrogen and oxygen atoms in total. The van der Waals surface area contributed by atoms with Crippen LogP contribution in [0.15, 0.2) is 0 Å². The molecule has 12 heavy (non-hydrogen) atoms. The van der Waals surface area contributed by atoms with E-state index in [-0.39, 0.29) is 16.8 Å². The van der Waals surface area contributed by atoms with E-state index >= 15 is 0 Å². The molecule has 0 rings (SSSR count). The van der Waals surface area contributed by atoms with Crippen molar-refractivity contribution in [2.24, 2.45) is 5.92 Å². The van der Waals surface area contributed by atoms with Gasteiger partial charge in [-0.1, -0.05) is 36.7 Å². The molecule has 0 saturated heterocycles. The zero-order valence-corrected chi connectivity index (χ0v) is 9.81. The van der Waals surface area contributed by atoms with Gasteiger partial charge in [-0.25, -0.2) is 0 Å². The van der Waals surface area contributed by atoms with Crippen LogP contribution in [0.4, 0.5) is 0 Å². The molecule has 2 atom stereocenters. The lowest BCUT2D eigenvalue weighted by Gasteiger charge is -2.17. The van der Waals surface area contributed by atoms with Crippen molar-refractivity contribution in [2.75, 3.05) is 0 Å². The van der Waals surface area contributed by atoms with Gasteiger partial charge in [0, 0.05) is 6.04 Å². The standard InChI is InChI=1S/C9H18BrNO/c1-5-7(4)11-9(12)8(10)6(2)3/h6-8H,5H2,1-4H3,(H,11,12)/t7-,8+/m1/s1. The van der Waals surface area contributed by atoms with E-state index in [1.165, 1.54) is 0 Å². The van der Waals surface area contributed by atoms with E-state index in [0.717, 1.165) is 6.42 Å². The number of alkyl halides is 1. The molecule has 0 aliphatic rings. The molecule has 0 aromatic carbocycles. The highest BCUT2D eigenvalue weighted by atomic mass is 79.9. The number of carbonyl (C=O) groups is 1. The van der Waals surface area contributed by atoms with Gasteiger partial charge in [0.1, 0.15) is 0 Å². The maximum absolute atomic E-state index is 11.4. The summed E-state index contributed by atoms with van der Waals surface area (Å²) in [5, 5.41) is 2.92. The smallest absolute Gasteiger partial charge is 0.234 e. The summed E-state index contributed by atoms with van der Waals surface area (Å²) in [5.74, 6) is 0.438. The largest absolute Gasteiger partial charge is 0.353 e. The molecular weight excluding hydrogens is 218 g/mol. The average molecular weight is 236 g/mol. The van der Waals surface area contributed by atoms with Crippen molar-refractivity contribution in [2.45, 2.75) is 45.0 Å². The normalized spacial score (nSPS) is 15.8. The molecule has 0 fully saturated rings. The molecule has 1 amide bonds. The molecule has 0 aromatic rings. The van der Waals surface area contributed by atoms with Gasteiger partial charge in [-0.05, 0) is 19.3 Å². The topological polar surface area (TPSA) is 29.1 Å². The van der Waals surface area contributed by atoms with Crippen molar-refractivity contribution in [3.05, 3.63) is 0 Å². The second-order valence-electron chi connectivity index (χ2n) is 3.46. The summed E-state index contributed by atoms with van der Waals surface area (Å²) < 4.78 is 0. The summed E-state index contributed by atoms with van der Waals surface area (Å²) in [6.07, 6.45) is 0.976. The second-order valence-corrected chi connectivity index (χ2v) is 4.45. The van der Waals surface area contributed by atoms with Gasteiger partial charge in [0.2, 0.25) is 5.91 Å². The highest BCUT2D eigenvalue weighted by Gasteiger charge is 2.19. The highest BCUT2D eigenvalue weighted by molar-refractivity contribution is 9.10. The molecular formula is C9H18BrNO. The lowest BCUT2D eigenvalue weighted by Crippen LogP contribution is -2.39. The van der Waals surface area contributed by atoms with Gasteiger partial charge in [-0.2, -0.15) is 0 Å². The lowest BCUT2D eigenvalue weighted by atomic mass is 10.1. The minimum Gasteiger partial charge on any atom is -0.353 e. The number of hydrogen-bond donors (Lipinski definition) is 1. The first kappa shape index (κ1) is 11.9. The van der Waals surface area contributed by atoms with Crippen LogP contribution in [0.2, 0.25) is 0 Å². The summed E-state index contributed by atoms with van der Waals surface area (Å²) in [6.45, 7) is 8.12. The van der Waals surface area contributed by atoms with Crippen LogP contribution in [0.1, 0.15) is 34.1 Å². The molecule has 0 radical (unpaired) electrons. The van der Waals surface area contributed by atoms with Crippen molar-refractivity contribution < 1.29 is 4.79 Å². The average Bonchev–Trinajstić information content (AvgIpc) is 2.02. The van der Waals surface area contributed by atoms with E-state index in [2.05, 4.69) is 28.2 Å². The van der Waals surface area contributed by atoms with Crippen molar-refractivity contribution >= 4 is 21.8 Å². The summed E-state index contributed by atoms with van der Waals surface area (Å²) in [7, 11) is 0. The van der Waals surface area contributed by atoms with Gasteiger partial charge in [0.05, 0.1) is 4.83 Å². The Morgan fingerprint density at radius 3 is 2.25 bits per heavy atom. The molecule has 1 N–H and O–H groups in total. The zero-order chi connectivity index (χ0) is 9.72. The molecule has 0 heterocycles. The van der Waals surface area contributed by atoms with Gasteiger partial charge in [0.15, 0.2) is 0 Å². The molecule has 0 aliphatic carbocycles. The Hall–Kier alpha value is -0.0500. The van der Waals surface area contributed by atoms with Crippen LogP contribution >= 0.6 is 15.9 Å². The van der Waals surface area contributed by atoms with E-state index in [1.54, 1.807) is 0 Å². The van der Waals surface area contributed by atoms with Crippen molar-refractivity contribution in [3.63, 3.8) is 0 Å². The Kier molecular flexibility index (Phi) is 5.55. The third kappa shape index (κ3) is 4.10. The Morgan fingerprint density at radius 1 is 1.42 bits per heavy atom. The number of carbonyl (C=O) groups excluding carboxylic acids is 1. The van der Waals surface area contributed by atoms with Gasteiger partial charge in [0.25, 0.3) is 0 Å². The van der Waals surface area contributed by atoms with Crippen LogP contribution < -0.4 is 5.32 Å². The van der Waals surface area contributed by atoms with E-state index < -0.39 is 0 Å². The SMILES string of the molecule is CC[C@@H](C)NC(=O)[C@@H](Br)C(C)C. The van der Waals surface area contributed by atoms with E-state index in [9.17, 15) is 4.79 Å². The first-order valence-electron chi connectivity index (χ1n) is 4.43. The summed E-state index contributed by atoms with van der Waals surface area (Å²) in [5.41, 5.74) is 0. The molecule has 0 unspecified atom stereocenters. The summed E-state index contributed by atoms with van der Waals surface area (Å²) in [4.78, 5) is 11.3. The summed E-state index contributed by atoms with van der Waals surface area (Å²) in [6, 6.07) is 0.274. The Morgan fingerprint density at radius 2 is 1.92 bits per heavy atom.